The molecular weight excluding hydrogens is 370 g/mol. The van der Waals surface area contributed by atoms with Gasteiger partial charge in [-0.2, -0.15) is 5.26 Å². The second kappa shape index (κ2) is 7.08. The fourth-order valence-corrected chi connectivity index (χ4v) is 4.12. The molecule has 2 saturated carbocycles. The van der Waals surface area contributed by atoms with Crippen molar-refractivity contribution in [2.45, 2.75) is 52.2 Å². The van der Waals surface area contributed by atoms with Crippen molar-refractivity contribution in [2.24, 2.45) is 22.7 Å². The summed E-state index contributed by atoms with van der Waals surface area (Å²) in [4.78, 5) is 47.5. The molecule has 0 spiro atoms. The molecule has 0 aromatic rings. The zero-order valence-electron chi connectivity index (χ0n) is 16.1. The third-order valence-corrected chi connectivity index (χ3v) is 6.14. The molecule has 3 aliphatic rings. The number of fused-ring (bicyclic) bond motifs is 1. The van der Waals surface area contributed by atoms with Crippen molar-refractivity contribution >= 4 is 23.9 Å². The Morgan fingerprint density at radius 1 is 1.25 bits per heavy atom. The third kappa shape index (κ3) is 3.21. The van der Waals surface area contributed by atoms with E-state index >= 15 is 0 Å². The first kappa shape index (κ1) is 20.1. The Morgan fingerprint density at radius 2 is 1.93 bits per heavy atom. The lowest BCUT2D eigenvalue weighted by atomic mass is 9.75. The smallest absolute Gasteiger partial charge is 0.344 e. The minimum absolute atomic E-state index is 0.127. The van der Waals surface area contributed by atoms with E-state index in [1.165, 1.54) is 0 Å². The Kier molecular flexibility index (Phi) is 5.08. The number of hydrogen-bond acceptors (Lipinski definition) is 9. The highest BCUT2D eigenvalue weighted by Crippen LogP contribution is 2.62. The summed E-state index contributed by atoms with van der Waals surface area (Å²) >= 11 is 0. The first-order chi connectivity index (χ1) is 13.1. The topological polar surface area (TPSA) is 129 Å². The summed E-state index contributed by atoms with van der Waals surface area (Å²) in [6, 6.07) is 2.08. The van der Waals surface area contributed by atoms with Crippen molar-refractivity contribution in [2.75, 3.05) is 13.2 Å². The molecular formula is C19H23NO8. The van der Waals surface area contributed by atoms with E-state index in [0.29, 0.717) is 19.3 Å². The predicted molar refractivity (Wildman–Crippen MR) is 90.0 cm³/mol. The molecule has 3 fully saturated rings. The van der Waals surface area contributed by atoms with Crippen LogP contribution in [0.4, 0.5) is 0 Å². The van der Waals surface area contributed by atoms with Crippen molar-refractivity contribution in [3.05, 3.63) is 0 Å². The molecule has 2 aliphatic carbocycles. The van der Waals surface area contributed by atoms with Gasteiger partial charge in [0.05, 0.1) is 11.5 Å². The lowest BCUT2D eigenvalue weighted by molar-refractivity contribution is -0.173. The van der Waals surface area contributed by atoms with Gasteiger partial charge in [-0.25, -0.2) is 9.59 Å². The molecule has 0 N–H and O–H groups in total. The molecule has 9 heteroatoms. The Hall–Kier alpha value is -2.63. The van der Waals surface area contributed by atoms with Crippen LogP contribution in [0.2, 0.25) is 0 Å². The van der Waals surface area contributed by atoms with Gasteiger partial charge in [0.2, 0.25) is 0 Å². The lowest BCUT2D eigenvalue weighted by Gasteiger charge is -2.27. The third-order valence-electron chi connectivity index (χ3n) is 6.14. The Balaban J connectivity index is 1.44. The number of nitrogens with zero attached hydrogens (tertiary/aromatic N) is 1. The van der Waals surface area contributed by atoms with Crippen LogP contribution >= 0.6 is 0 Å². The maximum absolute atomic E-state index is 12.0. The molecule has 0 amide bonds. The van der Waals surface area contributed by atoms with Crippen LogP contribution in [0.3, 0.4) is 0 Å². The molecule has 0 aromatic heterocycles. The summed E-state index contributed by atoms with van der Waals surface area (Å²) in [5.41, 5.74) is -1.82. The summed E-state index contributed by atoms with van der Waals surface area (Å²) in [6.45, 7) is 4.00. The van der Waals surface area contributed by atoms with Crippen LogP contribution in [-0.4, -0.2) is 49.3 Å². The molecule has 152 valence electrons. The van der Waals surface area contributed by atoms with Gasteiger partial charge in [0, 0.05) is 11.8 Å². The van der Waals surface area contributed by atoms with Crippen molar-refractivity contribution in [3.8, 4) is 6.07 Å². The Bertz CT molecular complexity index is 754. The fraction of sp³-hybridized carbons (Fsp3) is 0.737. The van der Waals surface area contributed by atoms with E-state index < -0.39 is 60.1 Å². The largest absolute Gasteiger partial charge is 0.457 e. The average molecular weight is 393 g/mol. The van der Waals surface area contributed by atoms with Crippen LogP contribution in [0.25, 0.3) is 0 Å². The number of esters is 4. The lowest BCUT2D eigenvalue weighted by Crippen LogP contribution is -2.40. The molecule has 1 saturated heterocycles. The van der Waals surface area contributed by atoms with Gasteiger partial charge in [-0.05, 0) is 33.1 Å². The van der Waals surface area contributed by atoms with Gasteiger partial charge in [-0.1, -0.05) is 6.92 Å². The first-order valence-corrected chi connectivity index (χ1v) is 9.29. The molecule has 0 radical (unpaired) electrons. The first-order valence-electron chi connectivity index (χ1n) is 9.29. The summed E-state index contributed by atoms with van der Waals surface area (Å²) in [5, 5.41) is 9.35. The van der Waals surface area contributed by atoms with E-state index in [9.17, 15) is 24.4 Å². The van der Waals surface area contributed by atoms with Gasteiger partial charge in [0.15, 0.2) is 18.6 Å². The van der Waals surface area contributed by atoms with Crippen LogP contribution < -0.4 is 0 Å². The summed E-state index contributed by atoms with van der Waals surface area (Å²) in [7, 11) is 0. The van der Waals surface area contributed by atoms with Crippen molar-refractivity contribution in [1.82, 2.24) is 0 Å². The number of rotatable bonds is 7. The van der Waals surface area contributed by atoms with Crippen molar-refractivity contribution in [1.29, 1.82) is 5.26 Å². The van der Waals surface area contributed by atoms with Gasteiger partial charge in [0.25, 0.3) is 0 Å². The monoisotopic (exact) mass is 393 g/mol. The van der Waals surface area contributed by atoms with E-state index in [4.69, 9.17) is 18.9 Å². The number of nitriles is 1. The summed E-state index contributed by atoms with van der Waals surface area (Å²) in [5.74, 6) is -3.11. The molecule has 1 heterocycles. The number of carbonyl (C=O) groups is 4. The summed E-state index contributed by atoms with van der Waals surface area (Å²) < 4.78 is 20.3. The minimum atomic E-state index is -1.11. The number of ether oxygens (including phenoxy) is 4. The molecule has 5 atom stereocenters. The second-order valence-electron chi connectivity index (χ2n) is 8.19. The molecule has 1 aliphatic heterocycles. The molecule has 3 rings (SSSR count). The van der Waals surface area contributed by atoms with E-state index in [-0.39, 0.29) is 11.8 Å². The Labute approximate surface area is 162 Å². The van der Waals surface area contributed by atoms with Gasteiger partial charge < -0.3 is 18.9 Å². The standard InChI is InChI=1S/C19H23NO8/c1-4-18(2,3)16(23)26-7-12(21)25-8-13(22)27-14-10-5-11-15(14)28-17(24)19(11,6-10)9-20/h10-11,14-15H,4-8H2,1-3H3. The Morgan fingerprint density at radius 3 is 2.57 bits per heavy atom. The van der Waals surface area contributed by atoms with E-state index in [2.05, 4.69) is 6.07 Å². The quantitative estimate of drug-likeness (QED) is 0.457. The van der Waals surface area contributed by atoms with Crippen LogP contribution in [0.1, 0.15) is 40.0 Å². The van der Waals surface area contributed by atoms with Gasteiger partial charge in [0.1, 0.15) is 12.2 Å². The maximum atomic E-state index is 12.0. The van der Waals surface area contributed by atoms with Gasteiger partial charge >= 0.3 is 23.9 Å². The zero-order chi connectivity index (χ0) is 20.7. The normalized spacial score (nSPS) is 32.4. The second-order valence-corrected chi connectivity index (χ2v) is 8.19. The maximum Gasteiger partial charge on any atom is 0.344 e. The number of hydrogen-bond donors (Lipinski definition) is 0. The molecule has 28 heavy (non-hydrogen) atoms. The average Bonchev–Trinajstić information content (AvgIpc) is 3.26. The van der Waals surface area contributed by atoms with E-state index in [1.54, 1.807) is 13.8 Å². The van der Waals surface area contributed by atoms with E-state index in [1.807, 2.05) is 6.92 Å². The van der Waals surface area contributed by atoms with Crippen LogP contribution in [0.5, 0.6) is 0 Å². The van der Waals surface area contributed by atoms with Crippen LogP contribution in [0.15, 0.2) is 0 Å². The molecule has 5 unspecified atom stereocenters. The molecule has 0 aromatic carbocycles. The molecule has 9 nitrogen and oxygen atoms in total. The number of carbonyl (C=O) groups excluding carboxylic acids is 4. The van der Waals surface area contributed by atoms with Crippen molar-refractivity contribution < 1.29 is 38.1 Å². The highest BCUT2D eigenvalue weighted by Gasteiger charge is 2.72. The highest BCUT2D eigenvalue weighted by molar-refractivity contribution is 5.85. The van der Waals surface area contributed by atoms with Crippen molar-refractivity contribution in [3.63, 3.8) is 0 Å². The SMILES string of the molecule is CCC(C)(C)C(=O)OCC(=O)OCC(=O)OC1C2CC3C1OC(=O)C3(C#N)C2. The van der Waals surface area contributed by atoms with Gasteiger partial charge in [-0.3, -0.25) is 9.59 Å². The fourth-order valence-electron chi connectivity index (χ4n) is 4.12. The molecule has 2 bridgehead atoms. The van der Waals surface area contributed by atoms with E-state index in [0.717, 1.165) is 0 Å². The van der Waals surface area contributed by atoms with Crippen LogP contribution in [-0.2, 0) is 38.1 Å². The van der Waals surface area contributed by atoms with Gasteiger partial charge in [-0.15, -0.1) is 0 Å². The van der Waals surface area contributed by atoms with Crippen LogP contribution in [0, 0.1) is 34.0 Å². The summed E-state index contributed by atoms with van der Waals surface area (Å²) in [6.07, 6.45) is 0.195. The zero-order valence-corrected chi connectivity index (χ0v) is 16.1. The predicted octanol–water partition coefficient (Wildman–Crippen LogP) is 0.896. The highest BCUT2D eigenvalue weighted by atomic mass is 16.6. The minimum Gasteiger partial charge on any atom is -0.457 e.